The van der Waals surface area contributed by atoms with Crippen molar-refractivity contribution in [3.8, 4) is 39.5 Å². The van der Waals surface area contributed by atoms with Gasteiger partial charge in [0.25, 0.3) is 0 Å². The number of phenolic OH excluding ortho intramolecular Hbond substituents is 1. The standard InChI is InChI=1S/C28H24N2O3/c1-32-27-17-25(28(33-2)16-24(27)19-6-9-23(31)10-7-19)20-8-11-26-21(15-20)12-14-30(26)18-22-5-3-4-13-29-22/h3-17,31H,18H2,1-2H3. The molecule has 0 bridgehead atoms. The first-order valence-corrected chi connectivity index (χ1v) is 10.7. The first-order valence-electron chi connectivity index (χ1n) is 10.7. The van der Waals surface area contributed by atoms with Crippen LogP contribution >= 0.6 is 0 Å². The fourth-order valence-electron chi connectivity index (χ4n) is 4.16. The summed E-state index contributed by atoms with van der Waals surface area (Å²) in [6.07, 6.45) is 3.91. The van der Waals surface area contributed by atoms with Crippen LogP contribution in [0.5, 0.6) is 17.2 Å². The number of nitrogens with zero attached hydrogens (tertiary/aromatic N) is 2. The molecule has 0 fully saturated rings. The van der Waals surface area contributed by atoms with Crippen LogP contribution in [0.2, 0.25) is 0 Å². The zero-order valence-corrected chi connectivity index (χ0v) is 18.5. The quantitative estimate of drug-likeness (QED) is 0.347. The molecule has 0 radical (unpaired) electrons. The summed E-state index contributed by atoms with van der Waals surface area (Å²) in [7, 11) is 3.34. The van der Waals surface area contributed by atoms with Crippen LogP contribution in [0.1, 0.15) is 5.69 Å². The highest BCUT2D eigenvalue weighted by Gasteiger charge is 2.15. The third-order valence-electron chi connectivity index (χ3n) is 5.84. The molecule has 0 spiro atoms. The van der Waals surface area contributed by atoms with E-state index in [2.05, 4.69) is 40.0 Å². The van der Waals surface area contributed by atoms with E-state index in [9.17, 15) is 5.11 Å². The van der Waals surface area contributed by atoms with E-state index in [0.717, 1.165) is 56.9 Å². The Kier molecular flexibility index (Phi) is 5.45. The van der Waals surface area contributed by atoms with Crippen molar-refractivity contribution in [2.45, 2.75) is 6.54 Å². The summed E-state index contributed by atoms with van der Waals surface area (Å²) < 4.78 is 13.7. The fraction of sp³-hybridized carbons (Fsp3) is 0.107. The molecule has 0 aliphatic rings. The normalized spacial score (nSPS) is 11.0. The SMILES string of the molecule is COc1cc(-c2ccc3c(ccn3Cc3ccccn3)c2)c(OC)cc1-c1ccc(O)cc1. The van der Waals surface area contributed by atoms with Crippen molar-refractivity contribution in [1.29, 1.82) is 0 Å². The minimum absolute atomic E-state index is 0.226. The van der Waals surface area contributed by atoms with Gasteiger partial charge in [-0.3, -0.25) is 4.98 Å². The predicted molar refractivity (Wildman–Crippen MR) is 131 cm³/mol. The molecule has 3 aromatic carbocycles. The number of aromatic nitrogens is 2. The molecule has 0 atom stereocenters. The molecule has 0 saturated heterocycles. The number of phenols is 1. The van der Waals surface area contributed by atoms with Crippen molar-refractivity contribution in [3.63, 3.8) is 0 Å². The van der Waals surface area contributed by atoms with Crippen molar-refractivity contribution in [1.82, 2.24) is 9.55 Å². The number of hydrogen-bond acceptors (Lipinski definition) is 4. The maximum atomic E-state index is 9.63. The van der Waals surface area contributed by atoms with Crippen LogP contribution in [0.3, 0.4) is 0 Å². The van der Waals surface area contributed by atoms with Crippen LogP contribution in [-0.4, -0.2) is 28.9 Å². The Labute approximate surface area is 192 Å². The smallest absolute Gasteiger partial charge is 0.127 e. The van der Waals surface area contributed by atoms with E-state index >= 15 is 0 Å². The maximum Gasteiger partial charge on any atom is 0.127 e. The van der Waals surface area contributed by atoms with Gasteiger partial charge in [0.15, 0.2) is 0 Å². The van der Waals surface area contributed by atoms with E-state index in [1.807, 2.05) is 48.7 Å². The Balaban J connectivity index is 1.55. The summed E-state index contributed by atoms with van der Waals surface area (Å²) in [6, 6.07) is 25.5. The Morgan fingerprint density at radius 3 is 2.15 bits per heavy atom. The molecule has 0 unspecified atom stereocenters. The highest BCUT2D eigenvalue weighted by atomic mass is 16.5. The largest absolute Gasteiger partial charge is 0.508 e. The molecular weight excluding hydrogens is 412 g/mol. The molecule has 0 saturated carbocycles. The summed E-state index contributed by atoms with van der Waals surface area (Å²) in [5.74, 6) is 1.72. The van der Waals surface area contributed by atoms with Gasteiger partial charge in [0.1, 0.15) is 17.2 Å². The first kappa shape index (κ1) is 20.6. The summed E-state index contributed by atoms with van der Waals surface area (Å²) in [4.78, 5) is 4.44. The van der Waals surface area contributed by atoms with Gasteiger partial charge in [0.05, 0.1) is 26.5 Å². The molecule has 5 aromatic rings. The second kappa shape index (κ2) is 8.71. The van der Waals surface area contributed by atoms with E-state index in [0.29, 0.717) is 0 Å². The molecule has 5 rings (SSSR count). The van der Waals surface area contributed by atoms with Crippen LogP contribution < -0.4 is 9.47 Å². The van der Waals surface area contributed by atoms with Gasteiger partial charge in [-0.15, -0.1) is 0 Å². The Morgan fingerprint density at radius 2 is 1.48 bits per heavy atom. The number of ether oxygens (including phenoxy) is 2. The van der Waals surface area contributed by atoms with Gasteiger partial charge in [-0.1, -0.05) is 24.3 Å². The molecule has 33 heavy (non-hydrogen) atoms. The van der Waals surface area contributed by atoms with Crippen LogP contribution in [0.25, 0.3) is 33.2 Å². The number of benzene rings is 3. The van der Waals surface area contributed by atoms with E-state index in [1.165, 1.54) is 0 Å². The van der Waals surface area contributed by atoms with E-state index in [4.69, 9.17) is 9.47 Å². The van der Waals surface area contributed by atoms with Crippen LogP contribution in [0.4, 0.5) is 0 Å². The van der Waals surface area contributed by atoms with Gasteiger partial charge in [0.2, 0.25) is 0 Å². The molecule has 2 heterocycles. The highest BCUT2D eigenvalue weighted by molar-refractivity contribution is 5.89. The van der Waals surface area contributed by atoms with E-state index < -0.39 is 0 Å². The lowest BCUT2D eigenvalue weighted by molar-refractivity contribution is 0.406. The van der Waals surface area contributed by atoms with E-state index in [1.54, 1.807) is 26.4 Å². The maximum absolute atomic E-state index is 9.63. The highest BCUT2D eigenvalue weighted by Crippen LogP contribution is 2.41. The van der Waals surface area contributed by atoms with Gasteiger partial charge >= 0.3 is 0 Å². The zero-order chi connectivity index (χ0) is 22.8. The molecule has 1 N–H and O–H groups in total. The van der Waals surface area contributed by atoms with Gasteiger partial charge < -0.3 is 19.1 Å². The molecule has 164 valence electrons. The topological polar surface area (TPSA) is 56.5 Å². The van der Waals surface area contributed by atoms with Crippen molar-refractivity contribution in [2.24, 2.45) is 0 Å². The summed E-state index contributed by atoms with van der Waals surface area (Å²) in [5.41, 5.74) is 6.02. The first-order chi connectivity index (χ1) is 16.2. The predicted octanol–water partition coefficient (Wildman–Crippen LogP) is 6.14. The van der Waals surface area contributed by atoms with Crippen molar-refractivity contribution in [3.05, 3.63) is 97.0 Å². The average molecular weight is 437 g/mol. The number of fused-ring (bicyclic) bond motifs is 1. The van der Waals surface area contributed by atoms with E-state index in [-0.39, 0.29) is 5.75 Å². The third kappa shape index (κ3) is 4.01. The lowest BCUT2D eigenvalue weighted by Crippen LogP contribution is -1.99. The van der Waals surface area contributed by atoms with Crippen LogP contribution in [0.15, 0.2) is 91.3 Å². The number of pyridine rings is 1. The van der Waals surface area contributed by atoms with Crippen molar-refractivity contribution < 1.29 is 14.6 Å². The lowest BCUT2D eigenvalue weighted by atomic mass is 9.97. The van der Waals surface area contributed by atoms with Gasteiger partial charge in [-0.25, -0.2) is 0 Å². The summed E-state index contributed by atoms with van der Waals surface area (Å²) in [5, 5.41) is 10.8. The molecule has 2 aromatic heterocycles. The van der Waals surface area contributed by atoms with Crippen molar-refractivity contribution >= 4 is 10.9 Å². The summed E-state index contributed by atoms with van der Waals surface area (Å²) >= 11 is 0. The minimum atomic E-state index is 0.226. The summed E-state index contributed by atoms with van der Waals surface area (Å²) in [6.45, 7) is 0.724. The average Bonchev–Trinajstić information content (AvgIpc) is 3.26. The fourth-order valence-corrected chi connectivity index (χ4v) is 4.16. The van der Waals surface area contributed by atoms with Crippen LogP contribution in [0, 0.1) is 0 Å². The van der Waals surface area contributed by atoms with Crippen LogP contribution in [-0.2, 0) is 6.54 Å². The molecule has 0 aliphatic heterocycles. The molecule has 0 aliphatic carbocycles. The number of aromatic hydroxyl groups is 1. The van der Waals surface area contributed by atoms with Gasteiger partial charge in [-0.2, -0.15) is 0 Å². The van der Waals surface area contributed by atoms with Gasteiger partial charge in [-0.05, 0) is 65.7 Å². The second-order valence-corrected chi connectivity index (χ2v) is 7.84. The Bertz CT molecular complexity index is 1410. The molecule has 5 heteroatoms. The Morgan fingerprint density at radius 1 is 0.788 bits per heavy atom. The third-order valence-corrected chi connectivity index (χ3v) is 5.84. The number of hydrogen-bond donors (Lipinski definition) is 1. The minimum Gasteiger partial charge on any atom is -0.508 e. The molecular formula is C28H24N2O3. The second-order valence-electron chi connectivity index (χ2n) is 7.84. The Hall–Kier alpha value is -4.25. The monoisotopic (exact) mass is 436 g/mol. The zero-order valence-electron chi connectivity index (χ0n) is 18.5. The number of methoxy groups -OCH3 is 2. The van der Waals surface area contributed by atoms with Crippen molar-refractivity contribution in [2.75, 3.05) is 14.2 Å². The van der Waals surface area contributed by atoms with Gasteiger partial charge in [0, 0.05) is 34.4 Å². The number of rotatable bonds is 6. The molecule has 5 nitrogen and oxygen atoms in total. The lowest BCUT2D eigenvalue weighted by Gasteiger charge is -2.16. The molecule has 0 amide bonds.